The average molecular weight is 292 g/mol. The molecule has 1 fully saturated rings. The van der Waals surface area contributed by atoms with E-state index >= 15 is 0 Å². The number of nitro groups is 1. The topological polar surface area (TPSA) is 66.6 Å². The van der Waals surface area contributed by atoms with Crippen LogP contribution in [0.25, 0.3) is 0 Å². The van der Waals surface area contributed by atoms with Gasteiger partial charge in [0.25, 0.3) is 5.69 Å². The molecule has 0 unspecified atom stereocenters. The molecule has 1 aliphatic rings. The highest BCUT2D eigenvalue weighted by atomic mass is 16.6. The molecule has 5 nitrogen and oxygen atoms in total. The highest BCUT2D eigenvalue weighted by Gasteiger charge is 2.20. The van der Waals surface area contributed by atoms with Gasteiger partial charge in [-0.05, 0) is 24.8 Å². The minimum atomic E-state index is -0.371. The summed E-state index contributed by atoms with van der Waals surface area (Å²) in [6.07, 6.45) is 7.20. The van der Waals surface area contributed by atoms with Crippen molar-refractivity contribution in [2.24, 2.45) is 0 Å². The van der Waals surface area contributed by atoms with E-state index in [4.69, 9.17) is 0 Å². The Morgan fingerprint density at radius 3 is 2.38 bits per heavy atom. The fraction of sp³-hybridized carbons (Fsp3) is 0.625. The molecule has 1 aromatic carbocycles. The number of non-ortho nitro benzene ring substituents is 1. The van der Waals surface area contributed by atoms with E-state index in [0.717, 1.165) is 25.1 Å². The molecule has 0 aromatic heterocycles. The fourth-order valence-electron chi connectivity index (χ4n) is 3.11. The van der Waals surface area contributed by atoms with Crippen molar-refractivity contribution in [3.05, 3.63) is 39.9 Å². The first-order valence-corrected chi connectivity index (χ1v) is 7.79. The third-order valence-electron chi connectivity index (χ3n) is 4.31. The van der Waals surface area contributed by atoms with Crippen molar-refractivity contribution in [3.8, 4) is 0 Å². The zero-order valence-electron chi connectivity index (χ0n) is 12.4. The summed E-state index contributed by atoms with van der Waals surface area (Å²) in [7, 11) is 0. The lowest BCUT2D eigenvalue weighted by molar-refractivity contribution is -0.384. The summed E-state index contributed by atoms with van der Waals surface area (Å²) in [5, 5.41) is 19.9. The van der Waals surface area contributed by atoms with Crippen molar-refractivity contribution in [1.29, 1.82) is 0 Å². The van der Waals surface area contributed by atoms with E-state index in [1.165, 1.54) is 32.1 Å². The number of rotatable bonds is 7. The largest absolute Gasteiger partial charge is 0.395 e. The summed E-state index contributed by atoms with van der Waals surface area (Å²) in [5.41, 5.74) is 1.25. The molecule has 116 valence electrons. The van der Waals surface area contributed by atoms with Crippen LogP contribution in [0.5, 0.6) is 0 Å². The number of nitrogens with zero attached hydrogens (tertiary/aromatic N) is 2. The first kappa shape index (κ1) is 15.9. The Balaban J connectivity index is 1.89. The minimum absolute atomic E-state index is 0.137. The lowest BCUT2D eigenvalue weighted by Crippen LogP contribution is -2.40. The van der Waals surface area contributed by atoms with Gasteiger partial charge in [0.1, 0.15) is 0 Å². The molecule has 1 aromatic rings. The van der Waals surface area contributed by atoms with Crippen LogP contribution in [0.2, 0.25) is 0 Å². The third-order valence-corrected chi connectivity index (χ3v) is 4.31. The van der Waals surface area contributed by atoms with Gasteiger partial charge in [-0.2, -0.15) is 0 Å². The second-order valence-corrected chi connectivity index (χ2v) is 5.72. The van der Waals surface area contributed by atoms with Gasteiger partial charge < -0.3 is 5.11 Å². The summed E-state index contributed by atoms with van der Waals surface area (Å²) in [6, 6.07) is 7.37. The number of aliphatic hydroxyl groups is 1. The monoisotopic (exact) mass is 292 g/mol. The van der Waals surface area contributed by atoms with Crippen molar-refractivity contribution >= 4 is 5.69 Å². The number of hydrogen-bond acceptors (Lipinski definition) is 4. The zero-order chi connectivity index (χ0) is 15.1. The normalized spacial score (nSPS) is 16.3. The molecule has 2 rings (SSSR count). The summed E-state index contributed by atoms with van der Waals surface area (Å²) < 4.78 is 0. The van der Waals surface area contributed by atoms with Crippen LogP contribution >= 0.6 is 0 Å². The predicted molar refractivity (Wildman–Crippen MR) is 82.3 cm³/mol. The lowest BCUT2D eigenvalue weighted by atomic mass is 9.94. The van der Waals surface area contributed by atoms with Gasteiger partial charge in [-0.1, -0.05) is 31.4 Å². The van der Waals surface area contributed by atoms with Gasteiger partial charge in [-0.15, -0.1) is 0 Å². The van der Waals surface area contributed by atoms with Crippen LogP contribution in [-0.4, -0.2) is 40.7 Å². The Bertz CT molecular complexity index is 441. The SMILES string of the molecule is O=[N+]([O-])c1ccc(CCN(CCO)C2CCCCC2)cc1. The molecule has 0 bridgehead atoms. The zero-order valence-corrected chi connectivity index (χ0v) is 12.4. The van der Waals surface area contributed by atoms with E-state index in [0.29, 0.717) is 6.04 Å². The van der Waals surface area contributed by atoms with Crippen molar-refractivity contribution in [2.75, 3.05) is 19.7 Å². The molecule has 1 saturated carbocycles. The molecule has 1 N–H and O–H groups in total. The van der Waals surface area contributed by atoms with E-state index in [1.54, 1.807) is 12.1 Å². The Morgan fingerprint density at radius 2 is 1.81 bits per heavy atom. The van der Waals surface area contributed by atoms with Gasteiger partial charge in [0.15, 0.2) is 0 Å². The highest BCUT2D eigenvalue weighted by molar-refractivity contribution is 5.32. The predicted octanol–water partition coefficient (Wildman–Crippen LogP) is 2.76. The number of aliphatic hydroxyl groups excluding tert-OH is 1. The summed E-state index contributed by atoms with van der Waals surface area (Å²) in [5.74, 6) is 0. The molecule has 0 spiro atoms. The molecule has 1 aliphatic carbocycles. The van der Waals surface area contributed by atoms with Crippen molar-refractivity contribution in [1.82, 2.24) is 4.90 Å². The fourth-order valence-corrected chi connectivity index (χ4v) is 3.11. The molecular weight excluding hydrogens is 268 g/mol. The summed E-state index contributed by atoms with van der Waals surface area (Å²) in [6.45, 7) is 1.82. The Labute approximate surface area is 125 Å². The minimum Gasteiger partial charge on any atom is -0.395 e. The lowest BCUT2D eigenvalue weighted by Gasteiger charge is -2.34. The van der Waals surface area contributed by atoms with Crippen molar-refractivity contribution in [2.45, 2.75) is 44.6 Å². The number of hydrogen-bond donors (Lipinski definition) is 1. The van der Waals surface area contributed by atoms with E-state index in [9.17, 15) is 15.2 Å². The van der Waals surface area contributed by atoms with Crippen LogP contribution in [0.15, 0.2) is 24.3 Å². The van der Waals surface area contributed by atoms with Crippen molar-refractivity contribution in [3.63, 3.8) is 0 Å². The standard InChI is InChI=1S/C16H24N2O3/c19-13-12-17(15-4-2-1-3-5-15)11-10-14-6-8-16(9-7-14)18(20)21/h6-9,15,19H,1-5,10-13H2. The molecule has 0 amide bonds. The van der Waals surface area contributed by atoms with Gasteiger partial charge in [0.2, 0.25) is 0 Å². The molecule has 0 saturated heterocycles. The molecule has 0 radical (unpaired) electrons. The Kier molecular flexibility index (Phi) is 6.14. The summed E-state index contributed by atoms with van der Waals surface area (Å²) in [4.78, 5) is 12.6. The number of nitro benzene ring substituents is 1. The van der Waals surface area contributed by atoms with Gasteiger partial charge in [0, 0.05) is 31.3 Å². The second-order valence-electron chi connectivity index (χ2n) is 5.72. The smallest absolute Gasteiger partial charge is 0.269 e. The van der Waals surface area contributed by atoms with Gasteiger partial charge in [0.05, 0.1) is 11.5 Å². The highest BCUT2D eigenvalue weighted by Crippen LogP contribution is 2.23. The van der Waals surface area contributed by atoms with Crippen LogP contribution in [0.3, 0.4) is 0 Å². The maximum Gasteiger partial charge on any atom is 0.269 e. The van der Waals surface area contributed by atoms with Gasteiger partial charge in [-0.3, -0.25) is 15.0 Å². The first-order valence-electron chi connectivity index (χ1n) is 7.79. The van der Waals surface area contributed by atoms with E-state index in [1.807, 2.05) is 12.1 Å². The molecule has 21 heavy (non-hydrogen) atoms. The first-order chi connectivity index (χ1) is 10.2. The maximum absolute atomic E-state index is 10.6. The van der Waals surface area contributed by atoms with E-state index < -0.39 is 0 Å². The molecule has 5 heteroatoms. The Hall–Kier alpha value is -1.46. The molecule has 0 heterocycles. The average Bonchev–Trinajstić information content (AvgIpc) is 2.52. The summed E-state index contributed by atoms with van der Waals surface area (Å²) >= 11 is 0. The number of benzene rings is 1. The molecule has 0 atom stereocenters. The van der Waals surface area contributed by atoms with E-state index in [-0.39, 0.29) is 17.2 Å². The molecular formula is C16H24N2O3. The van der Waals surface area contributed by atoms with Crippen LogP contribution in [0.4, 0.5) is 5.69 Å². The van der Waals surface area contributed by atoms with Gasteiger partial charge >= 0.3 is 0 Å². The Morgan fingerprint density at radius 1 is 1.14 bits per heavy atom. The molecule has 0 aliphatic heterocycles. The third kappa shape index (κ3) is 4.79. The van der Waals surface area contributed by atoms with Crippen LogP contribution in [0.1, 0.15) is 37.7 Å². The quantitative estimate of drug-likeness (QED) is 0.620. The van der Waals surface area contributed by atoms with E-state index in [2.05, 4.69) is 4.90 Å². The van der Waals surface area contributed by atoms with Gasteiger partial charge in [-0.25, -0.2) is 0 Å². The van der Waals surface area contributed by atoms with Crippen LogP contribution in [-0.2, 0) is 6.42 Å². The van der Waals surface area contributed by atoms with Crippen LogP contribution < -0.4 is 0 Å². The maximum atomic E-state index is 10.6. The van der Waals surface area contributed by atoms with Crippen molar-refractivity contribution < 1.29 is 10.0 Å². The van der Waals surface area contributed by atoms with Crippen LogP contribution in [0, 0.1) is 10.1 Å². The second kappa shape index (κ2) is 8.10.